The molecule has 0 amide bonds. The summed E-state index contributed by atoms with van der Waals surface area (Å²) in [6.07, 6.45) is 6.07. The van der Waals surface area contributed by atoms with Gasteiger partial charge in [-0.05, 0) is 105 Å². The summed E-state index contributed by atoms with van der Waals surface area (Å²) in [4.78, 5) is 9.18. The Kier molecular flexibility index (Phi) is 9.55. The van der Waals surface area contributed by atoms with E-state index in [1.54, 1.807) is 0 Å². The average Bonchev–Trinajstić information content (AvgIpc) is 3.71. The maximum absolute atomic E-state index is 6.80. The minimum atomic E-state index is 0.727. The topological polar surface area (TPSA) is 37.8 Å². The number of benzene rings is 7. The van der Waals surface area contributed by atoms with Crippen molar-refractivity contribution in [3.05, 3.63) is 207 Å². The van der Waals surface area contributed by atoms with Gasteiger partial charge in [0.2, 0.25) is 0 Å². The van der Waals surface area contributed by atoms with Gasteiger partial charge < -0.3 is 19.3 Å². The molecule has 0 N–H and O–H groups in total. The van der Waals surface area contributed by atoms with Gasteiger partial charge in [0.25, 0.3) is 0 Å². The molecule has 0 atom stereocenters. The van der Waals surface area contributed by atoms with Crippen LogP contribution >= 0.6 is 0 Å². The number of nitrogens with zero attached hydrogens (tertiary/aromatic N) is 3. The van der Waals surface area contributed by atoms with E-state index in [0.717, 1.165) is 91.1 Å². The van der Waals surface area contributed by atoms with E-state index in [4.69, 9.17) is 14.5 Å². The Labute approximate surface area is 328 Å². The third kappa shape index (κ3) is 7.52. The molecule has 0 unspecified atom stereocenters. The second-order valence-electron chi connectivity index (χ2n) is 13.8. The molecule has 0 saturated heterocycles. The van der Waals surface area contributed by atoms with E-state index >= 15 is 0 Å². The maximum atomic E-state index is 6.80. The molecule has 0 spiro atoms. The van der Waals surface area contributed by atoms with Gasteiger partial charge >= 0.3 is 0 Å². The number of hydrogen-bond acceptors (Lipinski definition) is 5. The van der Waals surface area contributed by atoms with Crippen molar-refractivity contribution in [1.82, 2.24) is 9.88 Å². The first kappa shape index (κ1) is 34.4. The van der Waals surface area contributed by atoms with Crippen molar-refractivity contribution in [2.24, 2.45) is 0 Å². The lowest BCUT2D eigenvalue weighted by molar-refractivity contribution is 0.481. The van der Waals surface area contributed by atoms with Crippen molar-refractivity contribution < 1.29 is 9.47 Å². The van der Waals surface area contributed by atoms with E-state index in [2.05, 4.69) is 157 Å². The number of aromatic nitrogens is 1. The van der Waals surface area contributed by atoms with Crippen LogP contribution in [0, 0.1) is 0 Å². The number of anilines is 1. The smallest absolute Gasteiger partial charge is 0.130 e. The summed E-state index contributed by atoms with van der Waals surface area (Å²) in [5.74, 6) is 3.06. The summed E-state index contributed by atoms with van der Waals surface area (Å²) in [6, 6.07) is 64.6. The molecule has 8 aromatic rings. The van der Waals surface area contributed by atoms with Gasteiger partial charge in [-0.3, -0.25) is 4.98 Å². The van der Waals surface area contributed by atoms with Gasteiger partial charge in [0.15, 0.2) is 0 Å². The molecule has 0 saturated carbocycles. The highest BCUT2D eigenvalue weighted by atomic mass is 16.5. The maximum Gasteiger partial charge on any atom is 0.130 e. The molecule has 7 aromatic carbocycles. The summed E-state index contributed by atoms with van der Waals surface area (Å²) in [7, 11) is 2.08. The summed E-state index contributed by atoms with van der Waals surface area (Å²) in [6.45, 7) is 0.744. The van der Waals surface area contributed by atoms with Crippen LogP contribution in [0.15, 0.2) is 207 Å². The summed E-state index contributed by atoms with van der Waals surface area (Å²) in [5, 5.41) is 0. The van der Waals surface area contributed by atoms with E-state index in [0.29, 0.717) is 0 Å². The predicted molar refractivity (Wildman–Crippen MR) is 229 cm³/mol. The molecule has 270 valence electrons. The quantitative estimate of drug-likeness (QED) is 0.140. The minimum Gasteiger partial charge on any atom is -0.457 e. The summed E-state index contributed by atoms with van der Waals surface area (Å²) >= 11 is 0. The highest BCUT2D eigenvalue weighted by Gasteiger charge is 2.19. The second kappa shape index (κ2) is 15.5. The Morgan fingerprint density at radius 2 is 0.964 bits per heavy atom. The van der Waals surface area contributed by atoms with Gasteiger partial charge in [0, 0.05) is 43.0 Å². The predicted octanol–water partition coefficient (Wildman–Crippen LogP) is 13.2. The Morgan fingerprint density at radius 3 is 1.62 bits per heavy atom. The third-order valence-corrected chi connectivity index (χ3v) is 9.89. The standard InChI is InChI=1S/C51H39N3O2/c1-53-28-29-54(36-53)43-30-42(51-48(37-14-5-2-6-15-37)24-13-25-49(51)38-16-7-3-8-17-38)33-47(35-43)56-46-23-12-19-41(32-46)50-34-40(26-27-52-50)39-18-11-22-45(31-39)55-44-20-9-4-10-21-44/h2-35H,36H2,1H3. The zero-order valence-electron chi connectivity index (χ0n) is 31.0. The monoisotopic (exact) mass is 725 g/mol. The van der Waals surface area contributed by atoms with Crippen LogP contribution in [0.4, 0.5) is 5.69 Å². The van der Waals surface area contributed by atoms with Gasteiger partial charge in [0.05, 0.1) is 12.4 Å². The molecule has 9 rings (SSSR count). The van der Waals surface area contributed by atoms with E-state index in [9.17, 15) is 0 Å². The Bertz CT molecular complexity index is 2580. The van der Waals surface area contributed by atoms with Crippen LogP contribution in [0.5, 0.6) is 23.0 Å². The number of hydrogen-bond donors (Lipinski definition) is 0. The van der Waals surface area contributed by atoms with Crippen LogP contribution in [0.2, 0.25) is 0 Å². The van der Waals surface area contributed by atoms with E-state index in [1.807, 2.05) is 66.9 Å². The number of pyridine rings is 1. The highest BCUT2D eigenvalue weighted by Crippen LogP contribution is 2.43. The van der Waals surface area contributed by atoms with Gasteiger partial charge in [-0.25, -0.2) is 0 Å². The first-order chi connectivity index (χ1) is 27.6. The summed E-state index contributed by atoms with van der Waals surface area (Å²) in [5.41, 5.74) is 11.8. The Hall–Kier alpha value is -7.37. The fourth-order valence-electron chi connectivity index (χ4n) is 7.22. The molecule has 5 heteroatoms. The van der Waals surface area contributed by atoms with Crippen molar-refractivity contribution in [3.63, 3.8) is 0 Å². The largest absolute Gasteiger partial charge is 0.457 e. The van der Waals surface area contributed by atoms with Gasteiger partial charge in [-0.15, -0.1) is 0 Å². The Balaban J connectivity index is 1.08. The minimum absolute atomic E-state index is 0.727. The van der Waals surface area contributed by atoms with Crippen molar-refractivity contribution >= 4 is 5.69 Å². The molecule has 56 heavy (non-hydrogen) atoms. The zero-order valence-corrected chi connectivity index (χ0v) is 31.0. The molecule has 2 heterocycles. The van der Waals surface area contributed by atoms with Crippen molar-refractivity contribution in [1.29, 1.82) is 0 Å². The number of para-hydroxylation sites is 1. The van der Waals surface area contributed by atoms with Crippen molar-refractivity contribution in [2.45, 2.75) is 0 Å². The molecule has 1 aliphatic rings. The third-order valence-electron chi connectivity index (χ3n) is 9.89. The molecular weight excluding hydrogens is 687 g/mol. The van der Waals surface area contributed by atoms with E-state index in [-0.39, 0.29) is 0 Å². The molecule has 1 aromatic heterocycles. The van der Waals surface area contributed by atoms with Crippen LogP contribution in [0.3, 0.4) is 0 Å². The first-order valence-electron chi connectivity index (χ1n) is 18.8. The molecule has 0 aliphatic carbocycles. The molecule has 5 nitrogen and oxygen atoms in total. The van der Waals surface area contributed by atoms with Crippen molar-refractivity contribution in [2.75, 3.05) is 18.6 Å². The second-order valence-corrected chi connectivity index (χ2v) is 13.8. The van der Waals surface area contributed by atoms with Crippen molar-refractivity contribution in [3.8, 4) is 78.8 Å². The van der Waals surface area contributed by atoms with Gasteiger partial charge in [-0.1, -0.05) is 121 Å². The van der Waals surface area contributed by atoms with Crippen LogP contribution in [-0.2, 0) is 0 Å². The van der Waals surface area contributed by atoms with Gasteiger partial charge in [0.1, 0.15) is 23.0 Å². The SMILES string of the molecule is CN1C=CN(c2cc(Oc3cccc(-c4cc(-c5cccc(Oc6ccccc6)c5)ccn4)c3)cc(-c3c(-c4ccccc4)cccc3-c3ccccc3)c2)C1. The van der Waals surface area contributed by atoms with Crippen LogP contribution in [-0.4, -0.2) is 23.6 Å². The van der Waals surface area contributed by atoms with Gasteiger partial charge in [-0.2, -0.15) is 0 Å². The zero-order chi connectivity index (χ0) is 37.7. The Morgan fingerprint density at radius 1 is 0.429 bits per heavy atom. The summed E-state index contributed by atoms with van der Waals surface area (Å²) < 4.78 is 12.9. The molecule has 1 aliphatic heterocycles. The molecular formula is C51H39N3O2. The lowest BCUT2D eigenvalue weighted by Crippen LogP contribution is -2.21. The average molecular weight is 726 g/mol. The van der Waals surface area contributed by atoms with Crippen LogP contribution in [0.1, 0.15) is 0 Å². The number of rotatable bonds is 10. The fourth-order valence-corrected chi connectivity index (χ4v) is 7.22. The first-order valence-corrected chi connectivity index (χ1v) is 18.8. The number of ether oxygens (including phenoxy) is 2. The highest BCUT2D eigenvalue weighted by molar-refractivity contribution is 5.95. The lowest BCUT2D eigenvalue weighted by Gasteiger charge is -2.22. The van der Waals surface area contributed by atoms with Crippen LogP contribution < -0.4 is 14.4 Å². The fraction of sp³-hybridized carbons (Fsp3) is 0.0392. The molecule has 0 fully saturated rings. The van der Waals surface area contributed by atoms with E-state index < -0.39 is 0 Å². The van der Waals surface area contributed by atoms with E-state index in [1.165, 1.54) is 0 Å². The molecule has 0 bridgehead atoms. The van der Waals surface area contributed by atoms with Crippen LogP contribution in [0.25, 0.3) is 55.8 Å². The normalized spacial score (nSPS) is 12.2. The molecule has 0 radical (unpaired) electrons. The lowest BCUT2D eigenvalue weighted by atomic mass is 9.87.